The van der Waals surface area contributed by atoms with E-state index in [2.05, 4.69) is 4.98 Å². The van der Waals surface area contributed by atoms with Crippen LogP contribution in [0.25, 0.3) is 0 Å². The second-order valence-corrected chi connectivity index (χ2v) is 7.26. The number of benzene rings is 2. The van der Waals surface area contributed by atoms with E-state index in [4.69, 9.17) is 9.47 Å². The second kappa shape index (κ2) is 7.18. The van der Waals surface area contributed by atoms with Crippen LogP contribution in [0, 0.1) is 0 Å². The summed E-state index contributed by atoms with van der Waals surface area (Å²) in [4.78, 5) is 31.6. The highest BCUT2D eigenvalue weighted by molar-refractivity contribution is 6.00. The van der Waals surface area contributed by atoms with Crippen molar-refractivity contribution in [1.29, 1.82) is 0 Å². The van der Waals surface area contributed by atoms with Crippen molar-refractivity contribution in [3.05, 3.63) is 89.2 Å². The molecule has 150 valence electrons. The lowest BCUT2D eigenvalue weighted by atomic mass is 9.80. The van der Waals surface area contributed by atoms with Crippen LogP contribution in [0.15, 0.2) is 67.0 Å². The van der Waals surface area contributed by atoms with E-state index in [1.807, 2.05) is 18.2 Å². The highest BCUT2D eigenvalue weighted by Gasteiger charge is 2.44. The molecule has 0 saturated heterocycles. The summed E-state index contributed by atoms with van der Waals surface area (Å²) in [5.41, 5.74) is 2.43. The third-order valence-corrected chi connectivity index (χ3v) is 5.52. The maximum atomic E-state index is 13.5. The Labute approximate surface area is 172 Å². The number of carboxylic acids is 1. The van der Waals surface area contributed by atoms with Crippen molar-refractivity contribution in [3.63, 3.8) is 0 Å². The number of hydrogen-bond acceptors (Lipinski definition) is 5. The molecule has 0 radical (unpaired) electrons. The minimum Gasteiger partial charge on any atom is -0.481 e. The van der Waals surface area contributed by atoms with Crippen LogP contribution in [-0.2, 0) is 11.3 Å². The molecule has 1 amide bonds. The van der Waals surface area contributed by atoms with Gasteiger partial charge in [-0.1, -0.05) is 30.3 Å². The number of amides is 1. The molecule has 1 N–H and O–H groups in total. The molecular formula is C23H18N2O5. The van der Waals surface area contributed by atoms with Gasteiger partial charge in [-0.2, -0.15) is 0 Å². The Morgan fingerprint density at radius 3 is 2.73 bits per heavy atom. The molecule has 2 aliphatic heterocycles. The molecular weight excluding hydrogens is 384 g/mol. The van der Waals surface area contributed by atoms with Crippen LogP contribution < -0.4 is 9.47 Å². The summed E-state index contributed by atoms with van der Waals surface area (Å²) in [5, 5.41) is 10.1. The summed E-state index contributed by atoms with van der Waals surface area (Å²) < 4.78 is 10.8. The summed E-state index contributed by atoms with van der Waals surface area (Å²) in [6.45, 7) is 0.390. The second-order valence-electron chi connectivity index (χ2n) is 7.26. The average Bonchev–Trinajstić information content (AvgIpc) is 3.24. The zero-order chi connectivity index (χ0) is 20.7. The fraction of sp³-hybridized carbons (Fsp3) is 0.174. The zero-order valence-electron chi connectivity index (χ0n) is 15.9. The fourth-order valence-corrected chi connectivity index (χ4v) is 4.19. The molecule has 5 rings (SSSR count). The molecule has 2 aromatic carbocycles. The monoisotopic (exact) mass is 402 g/mol. The Morgan fingerprint density at radius 2 is 1.93 bits per heavy atom. The molecule has 0 spiro atoms. The smallest absolute Gasteiger partial charge is 0.313 e. The van der Waals surface area contributed by atoms with Crippen LogP contribution in [-0.4, -0.2) is 33.7 Å². The van der Waals surface area contributed by atoms with Crippen LogP contribution in [0.2, 0.25) is 0 Å². The van der Waals surface area contributed by atoms with Gasteiger partial charge in [0.05, 0.1) is 6.04 Å². The van der Waals surface area contributed by atoms with E-state index in [1.54, 1.807) is 53.7 Å². The number of carbonyl (C=O) groups excluding carboxylic acids is 1. The number of ether oxygens (including phenoxy) is 2. The predicted molar refractivity (Wildman–Crippen MR) is 106 cm³/mol. The summed E-state index contributed by atoms with van der Waals surface area (Å²) in [7, 11) is 0. The van der Waals surface area contributed by atoms with Gasteiger partial charge in [-0.25, -0.2) is 0 Å². The zero-order valence-corrected chi connectivity index (χ0v) is 15.9. The number of aromatic nitrogens is 1. The molecule has 7 heteroatoms. The molecule has 2 unspecified atom stereocenters. The summed E-state index contributed by atoms with van der Waals surface area (Å²) in [5.74, 6) is -0.836. The summed E-state index contributed by atoms with van der Waals surface area (Å²) >= 11 is 0. The van der Waals surface area contributed by atoms with E-state index >= 15 is 0 Å². The van der Waals surface area contributed by atoms with Gasteiger partial charge in [0.1, 0.15) is 5.92 Å². The van der Waals surface area contributed by atoms with Crippen LogP contribution in [0.4, 0.5) is 0 Å². The molecule has 1 aromatic heterocycles. The van der Waals surface area contributed by atoms with Gasteiger partial charge in [0.25, 0.3) is 5.91 Å². The number of nitrogens with zero attached hydrogens (tertiary/aromatic N) is 2. The molecule has 3 aromatic rings. The van der Waals surface area contributed by atoms with E-state index in [0.717, 1.165) is 5.56 Å². The average molecular weight is 402 g/mol. The minimum absolute atomic E-state index is 0.161. The Hall–Kier alpha value is -3.87. The van der Waals surface area contributed by atoms with Crippen LogP contribution in [0.5, 0.6) is 11.5 Å². The number of rotatable bonds is 4. The quantitative estimate of drug-likeness (QED) is 0.720. The first-order valence-corrected chi connectivity index (χ1v) is 9.54. The van der Waals surface area contributed by atoms with Crippen molar-refractivity contribution < 1.29 is 24.2 Å². The van der Waals surface area contributed by atoms with E-state index in [9.17, 15) is 14.7 Å². The molecule has 0 fully saturated rings. The molecule has 7 nitrogen and oxygen atoms in total. The number of carbonyl (C=O) groups is 2. The standard InChI is InChI=1S/C23H18N2O5/c26-22-17-6-2-1-5-16(17)20(23(27)28)21(15-4-3-9-24-11-15)25(22)12-14-7-8-18-19(10-14)30-13-29-18/h1-11,20-21H,12-13H2,(H,27,28). The van der Waals surface area contributed by atoms with Crippen LogP contribution >= 0.6 is 0 Å². The molecule has 0 saturated carbocycles. The number of carboxylic acid groups (broad SMARTS) is 1. The van der Waals surface area contributed by atoms with Gasteiger partial charge < -0.3 is 19.5 Å². The van der Waals surface area contributed by atoms with Gasteiger partial charge in [0.15, 0.2) is 11.5 Å². The molecule has 2 aliphatic rings. The van der Waals surface area contributed by atoms with Crippen molar-refractivity contribution in [2.75, 3.05) is 6.79 Å². The van der Waals surface area contributed by atoms with Gasteiger partial charge in [-0.05, 0) is 41.0 Å². The number of pyridine rings is 1. The molecule has 3 heterocycles. The van der Waals surface area contributed by atoms with Crippen molar-refractivity contribution in [3.8, 4) is 11.5 Å². The van der Waals surface area contributed by atoms with E-state index in [-0.39, 0.29) is 19.2 Å². The Kier molecular flexibility index (Phi) is 4.35. The minimum atomic E-state index is -0.987. The van der Waals surface area contributed by atoms with Gasteiger partial charge in [0, 0.05) is 24.5 Å². The predicted octanol–water partition coefficient (Wildman–Crippen LogP) is 3.38. The first-order chi connectivity index (χ1) is 14.6. The van der Waals surface area contributed by atoms with Gasteiger partial charge in [0.2, 0.25) is 6.79 Å². The fourth-order valence-electron chi connectivity index (χ4n) is 4.19. The van der Waals surface area contributed by atoms with Gasteiger partial charge in [-0.3, -0.25) is 14.6 Å². The lowest BCUT2D eigenvalue weighted by molar-refractivity contribution is -0.140. The molecule has 30 heavy (non-hydrogen) atoms. The highest BCUT2D eigenvalue weighted by Crippen LogP contribution is 2.44. The SMILES string of the molecule is O=C(O)C1c2ccccc2C(=O)N(Cc2ccc3c(c2)OCO3)C1c1cccnc1. The van der Waals surface area contributed by atoms with Gasteiger partial charge >= 0.3 is 5.97 Å². The normalized spacial score (nSPS) is 19.5. The summed E-state index contributed by atoms with van der Waals surface area (Å²) in [6.07, 6.45) is 3.24. The number of hydrogen-bond donors (Lipinski definition) is 1. The van der Waals surface area contributed by atoms with Crippen molar-refractivity contribution in [2.45, 2.75) is 18.5 Å². The molecule has 2 atom stereocenters. The Balaban J connectivity index is 1.63. The number of aliphatic carboxylic acids is 1. The van der Waals surface area contributed by atoms with E-state index in [1.165, 1.54) is 0 Å². The largest absolute Gasteiger partial charge is 0.481 e. The van der Waals surface area contributed by atoms with Crippen molar-refractivity contribution in [2.24, 2.45) is 0 Å². The summed E-state index contributed by atoms with van der Waals surface area (Å²) in [6, 6.07) is 15.3. The highest BCUT2D eigenvalue weighted by atomic mass is 16.7. The maximum absolute atomic E-state index is 13.5. The third kappa shape index (κ3) is 2.95. The van der Waals surface area contributed by atoms with Crippen molar-refractivity contribution >= 4 is 11.9 Å². The maximum Gasteiger partial charge on any atom is 0.313 e. The topological polar surface area (TPSA) is 89.0 Å². The lowest BCUT2D eigenvalue weighted by Gasteiger charge is -2.40. The molecule has 0 aliphatic carbocycles. The Morgan fingerprint density at radius 1 is 1.10 bits per heavy atom. The number of fused-ring (bicyclic) bond motifs is 2. The third-order valence-electron chi connectivity index (χ3n) is 5.52. The van der Waals surface area contributed by atoms with E-state index < -0.39 is 17.9 Å². The van der Waals surface area contributed by atoms with E-state index in [0.29, 0.717) is 28.2 Å². The van der Waals surface area contributed by atoms with Crippen LogP contribution in [0.3, 0.4) is 0 Å². The Bertz CT molecular complexity index is 1130. The van der Waals surface area contributed by atoms with Gasteiger partial charge in [-0.15, -0.1) is 0 Å². The lowest BCUT2D eigenvalue weighted by Crippen LogP contribution is -2.44. The van der Waals surface area contributed by atoms with Crippen molar-refractivity contribution in [1.82, 2.24) is 9.88 Å². The van der Waals surface area contributed by atoms with Crippen LogP contribution in [0.1, 0.15) is 39.0 Å². The first-order valence-electron chi connectivity index (χ1n) is 9.54. The first kappa shape index (κ1) is 18.2. The molecule has 0 bridgehead atoms.